The summed E-state index contributed by atoms with van der Waals surface area (Å²) in [4.78, 5) is 11.7. The zero-order valence-electron chi connectivity index (χ0n) is 8.74. The van der Waals surface area contributed by atoms with E-state index in [-0.39, 0.29) is 15.6 Å². The Bertz CT molecular complexity index is 578. The van der Waals surface area contributed by atoms with Gasteiger partial charge in [-0.2, -0.15) is 0 Å². The molecule has 0 bridgehead atoms. The summed E-state index contributed by atoms with van der Waals surface area (Å²) in [5.74, 6) is -0.540. The van der Waals surface area contributed by atoms with E-state index in [0.717, 1.165) is 0 Å². The Morgan fingerprint density at radius 3 is 2.56 bits per heavy atom. The van der Waals surface area contributed by atoms with Crippen molar-refractivity contribution in [2.45, 2.75) is 23.5 Å². The van der Waals surface area contributed by atoms with Gasteiger partial charge < -0.3 is 5.32 Å². The Kier molecular flexibility index (Phi) is 2.29. The first-order valence-electron chi connectivity index (χ1n) is 4.63. The number of amides is 1. The zero-order valence-corrected chi connectivity index (χ0v) is 10.3. The number of fused-ring (bicyclic) bond motifs is 1. The van der Waals surface area contributed by atoms with E-state index in [9.17, 15) is 13.2 Å². The fourth-order valence-corrected chi connectivity index (χ4v) is 3.55. The number of nitrogens with one attached hydrogen (secondary N) is 1. The van der Waals surface area contributed by atoms with Crippen molar-refractivity contribution in [1.29, 1.82) is 0 Å². The summed E-state index contributed by atoms with van der Waals surface area (Å²) in [5, 5.41) is 2.67. The lowest BCUT2D eigenvalue weighted by molar-refractivity contribution is -0.118. The number of benzene rings is 1. The fraction of sp³-hybridized carbons (Fsp3) is 0.300. The summed E-state index contributed by atoms with van der Waals surface area (Å²) in [6, 6.07) is 4.60. The molecule has 0 saturated heterocycles. The first kappa shape index (κ1) is 11.4. The summed E-state index contributed by atoms with van der Waals surface area (Å²) >= 11 is 5.87. The van der Waals surface area contributed by atoms with Crippen LogP contribution in [0.5, 0.6) is 0 Å². The van der Waals surface area contributed by atoms with Gasteiger partial charge in [-0.25, -0.2) is 8.42 Å². The van der Waals surface area contributed by atoms with Crippen molar-refractivity contribution in [2.24, 2.45) is 0 Å². The van der Waals surface area contributed by atoms with Crippen LogP contribution in [0, 0.1) is 0 Å². The van der Waals surface area contributed by atoms with Crippen molar-refractivity contribution in [3.05, 3.63) is 23.2 Å². The second-order valence-electron chi connectivity index (χ2n) is 4.08. The number of rotatable bonds is 0. The number of carbonyl (C=O) groups is 1. The normalized spacial score (nSPS) is 21.1. The van der Waals surface area contributed by atoms with Gasteiger partial charge in [-0.3, -0.25) is 4.79 Å². The van der Waals surface area contributed by atoms with Gasteiger partial charge in [-0.15, -0.1) is 0 Å². The minimum atomic E-state index is -3.74. The van der Waals surface area contributed by atoms with Crippen molar-refractivity contribution < 1.29 is 13.2 Å². The number of hydrogen-bond donors (Lipinski definition) is 1. The molecule has 1 heterocycles. The van der Waals surface area contributed by atoms with Crippen molar-refractivity contribution in [3.8, 4) is 0 Å². The molecule has 0 radical (unpaired) electrons. The van der Waals surface area contributed by atoms with E-state index >= 15 is 0 Å². The predicted octanol–water partition coefficient (Wildman–Crippen LogP) is 1.84. The smallest absolute Gasteiger partial charge is 0.245 e. The zero-order chi connectivity index (χ0) is 12.1. The second-order valence-corrected chi connectivity index (χ2v) is 6.93. The number of halogens is 1. The highest BCUT2D eigenvalue weighted by atomic mass is 35.5. The van der Waals surface area contributed by atoms with Crippen LogP contribution in [0.1, 0.15) is 13.8 Å². The molecule has 16 heavy (non-hydrogen) atoms. The standard InChI is InChI=1S/C10H10ClNO3S/c1-10(2)9(13)12-7-5-3-4-6(11)8(7)16(10,14)15/h3-5H,1-2H3,(H,12,13). The van der Waals surface area contributed by atoms with Crippen molar-refractivity contribution in [3.63, 3.8) is 0 Å². The lowest BCUT2D eigenvalue weighted by Gasteiger charge is -2.30. The molecule has 1 aliphatic rings. The molecule has 6 heteroatoms. The summed E-state index contributed by atoms with van der Waals surface area (Å²) in [7, 11) is -3.74. The van der Waals surface area contributed by atoms with Crippen molar-refractivity contribution >= 4 is 33.0 Å². The summed E-state index contributed by atoms with van der Waals surface area (Å²) in [6.45, 7) is 2.73. The van der Waals surface area contributed by atoms with Gasteiger partial charge in [0.25, 0.3) is 0 Å². The predicted molar refractivity (Wildman–Crippen MR) is 61.3 cm³/mol. The topological polar surface area (TPSA) is 63.2 Å². The van der Waals surface area contributed by atoms with Crippen LogP contribution >= 0.6 is 11.6 Å². The Labute approximate surface area is 98.5 Å². The Balaban J connectivity index is 2.85. The molecule has 0 aromatic heterocycles. The maximum atomic E-state index is 12.2. The molecule has 0 aliphatic carbocycles. The van der Waals surface area contributed by atoms with Crippen LogP contribution in [0.3, 0.4) is 0 Å². The molecule has 1 N–H and O–H groups in total. The Morgan fingerprint density at radius 2 is 1.94 bits per heavy atom. The Hall–Kier alpha value is -1.07. The lowest BCUT2D eigenvalue weighted by Crippen LogP contribution is -2.48. The van der Waals surface area contributed by atoms with Crippen LogP contribution in [0.2, 0.25) is 5.02 Å². The summed E-state index contributed by atoms with van der Waals surface area (Å²) in [6.07, 6.45) is 0. The van der Waals surface area contributed by atoms with Gasteiger partial charge in [0.15, 0.2) is 9.84 Å². The van der Waals surface area contributed by atoms with Crippen LogP contribution in [-0.4, -0.2) is 19.1 Å². The molecular weight excluding hydrogens is 250 g/mol. The third-order valence-electron chi connectivity index (χ3n) is 2.70. The minimum absolute atomic E-state index is 0.00117. The molecule has 2 rings (SSSR count). The highest BCUT2D eigenvalue weighted by molar-refractivity contribution is 7.94. The number of sulfone groups is 1. The average molecular weight is 260 g/mol. The van der Waals surface area contributed by atoms with Gasteiger partial charge in [0.1, 0.15) is 9.64 Å². The van der Waals surface area contributed by atoms with E-state index in [1.54, 1.807) is 6.07 Å². The first-order chi connectivity index (χ1) is 7.28. The van der Waals surface area contributed by atoms with E-state index < -0.39 is 20.5 Å². The molecule has 0 atom stereocenters. The largest absolute Gasteiger partial charge is 0.323 e. The van der Waals surface area contributed by atoms with Gasteiger partial charge in [-0.05, 0) is 26.0 Å². The molecule has 4 nitrogen and oxygen atoms in total. The molecule has 0 fully saturated rings. The molecule has 1 aromatic rings. The highest BCUT2D eigenvalue weighted by Gasteiger charge is 2.48. The van der Waals surface area contributed by atoms with Crippen molar-refractivity contribution in [2.75, 3.05) is 5.32 Å². The lowest BCUT2D eigenvalue weighted by atomic mass is 10.1. The van der Waals surface area contributed by atoms with E-state index in [1.165, 1.54) is 26.0 Å². The van der Waals surface area contributed by atoms with Crippen LogP contribution in [0.15, 0.2) is 23.1 Å². The summed E-state index contributed by atoms with van der Waals surface area (Å²) < 4.78 is 22.9. The highest BCUT2D eigenvalue weighted by Crippen LogP contribution is 2.40. The number of anilines is 1. The molecule has 1 amide bonds. The van der Waals surface area contributed by atoms with Gasteiger partial charge in [-0.1, -0.05) is 17.7 Å². The minimum Gasteiger partial charge on any atom is -0.323 e. The van der Waals surface area contributed by atoms with Crippen LogP contribution in [-0.2, 0) is 14.6 Å². The van der Waals surface area contributed by atoms with Crippen molar-refractivity contribution in [1.82, 2.24) is 0 Å². The van der Waals surface area contributed by atoms with Gasteiger partial charge in [0.2, 0.25) is 5.91 Å². The van der Waals surface area contributed by atoms with Gasteiger partial charge in [0, 0.05) is 0 Å². The second kappa shape index (κ2) is 3.21. The molecule has 1 aliphatic heterocycles. The van der Waals surface area contributed by atoms with Crippen LogP contribution < -0.4 is 5.32 Å². The fourth-order valence-electron chi connectivity index (χ4n) is 1.53. The number of hydrogen-bond acceptors (Lipinski definition) is 3. The molecule has 1 aromatic carbocycles. The Morgan fingerprint density at radius 1 is 1.31 bits per heavy atom. The van der Waals surface area contributed by atoms with E-state index in [2.05, 4.69) is 5.32 Å². The molecular formula is C10H10ClNO3S. The van der Waals surface area contributed by atoms with Crippen LogP contribution in [0.25, 0.3) is 0 Å². The summed E-state index contributed by atoms with van der Waals surface area (Å²) in [5.41, 5.74) is 0.247. The van der Waals surface area contributed by atoms with Gasteiger partial charge in [0.05, 0.1) is 10.7 Å². The molecule has 0 spiro atoms. The van der Waals surface area contributed by atoms with E-state index in [4.69, 9.17) is 11.6 Å². The third-order valence-corrected chi connectivity index (χ3v) is 5.64. The first-order valence-corrected chi connectivity index (χ1v) is 6.49. The maximum absolute atomic E-state index is 12.2. The average Bonchev–Trinajstić information content (AvgIpc) is 2.15. The quantitative estimate of drug-likeness (QED) is 0.773. The van der Waals surface area contributed by atoms with E-state index in [0.29, 0.717) is 0 Å². The van der Waals surface area contributed by atoms with E-state index in [1.807, 2.05) is 0 Å². The molecule has 0 saturated carbocycles. The third kappa shape index (κ3) is 1.28. The van der Waals surface area contributed by atoms with Gasteiger partial charge >= 0.3 is 0 Å². The molecule has 0 unspecified atom stereocenters. The van der Waals surface area contributed by atoms with Crippen LogP contribution in [0.4, 0.5) is 5.69 Å². The maximum Gasteiger partial charge on any atom is 0.245 e. The number of carbonyl (C=O) groups excluding carboxylic acids is 1. The molecule has 86 valence electrons. The monoisotopic (exact) mass is 259 g/mol. The SMILES string of the molecule is CC1(C)C(=O)Nc2cccc(Cl)c2S1(=O)=O.